The summed E-state index contributed by atoms with van der Waals surface area (Å²) < 4.78 is 0. The number of nitrogens with two attached hydrogens (primary N) is 1. The number of hydrogen-bond donors (Lipinski definition) is 1. The Kier molecular flexibility index (Phi) is 4.60. The molecule has 2 rings (SSSR count). The maximum Gasteiger partial charge on any atom is 0.234 e. The quantitative estimate of drug-likeness (QED) is 0.827. The lowest BCUT2D eigenvalue weighted by molar-refractivity contribution is -0.125. The summed E-state index contributed by atoms with van der Waals surface area (Å²) in [5.74, 6) is 0.468. The molecule has 0 aromatic rings. The second kappa shape index (κ2) is 6.19. The number of hydrogen-bond acceptors (Lipinski definition) is 3. The van der Waals surface area contributed by atoms with Gasteiger partial charge in [0.15, 0.2) is 0 Å². The summed E-state index contributed by atoms with van der Waals surface area (Å²) in [7, 11) is 0. The highest BCUT2D eigenvalue weighted by molar-refractivity contribution is 5.80. The van der Waals surface area contributed by atoms with Crippen LogP contribution in [0.3, 0.4) is 0 Å². The van der Waals surface area contributed by atoms with Gasteiger partial charge in [-0.3, -0.25) is 9.69 Å². The smallest absolute Gasteiger partial charge is 0.234 e. The molecule has 2 aliphatic rings. The fourth-order valence-electron chi connectivity index (χ4n) is 3.35. The van der Waals surface area contributed by atoms with Crippen LogP contribution in [0.4, 0.5) is 0 Å². The first-order valence-corrected chi connectivity index (χ1v) is 7.13. The lowest BCUT2D eigenvalue weighted by atomic mass is 9.86. The first-order chi connectivity index (χ1) is 8.70. The van der Waals surface area contributed by atoms with Gasteiger partial charge in [-0.25, -0.2) is 0 Å². The normalized spacial score (nSPS) is 30.8. The Morgan fingerprint density at radius 3 is 2.61 bits per heavy atom. The molecule has 4 nitrogen and oxygen atoms in total. The Labute approximate surface area is 109 Å². The number of carbonyl (C=O) groups is 1. The summed E-state index contributed by atoms with van der Waals surface area (Å²) in [6.07, 6.45) is 8.06. The van der Waals surface area contributed by atoms with Crippen LogP contribution in [-0.2, 0) is 4.79 Å². The zero-order valence-corrected chi connectivity index (χ0v) is 11.0. The van der Waals surface area contributed by atoms with Crippen LogP contribution in [0.25, 0.3) is 0 Å². The van der Waals surface area contributed by atoms with Crippen molar-refractivity contribution in [3.05, 3.63) is 0 Å². The van der Waals surface area contributed by atoms with Crippen LogP contribution in [0.5, 0.6) is 0 Å². The van der Waals surface area contributed by atoms with E-state index in [1.165, 1.54) is 32.1 Å². The van der Waals surface area contributed by atoms with Crippen molar-refractivity contribution >= 4 is 5.91 Å². The molecule has 2 N–H and O–H groups in total. The topological polar surface area (TPSA) is 70.1 Å². The lowest BCUT2D eigenvalue weighted by Gasteiger charge is -2.38. The Hall–Kier alpha value is -1.08. The third kappa shape index (κ3) is 3.23. The van der Waals surface area contributed by atoms with E-state index in [1.807, 2.05) is 0 Å². The van der Waals surface area contributed by atoms with E-state index in [1.54, 1.807) is 0 Å². The zero-order chi connectivity index (χ0) is 13.0. The molecule has 2 atom stereocenters. The number of nitrogens with zero attached hydrogens (tertiary/aromatic N) is 2. The number of primary amides is 1. The molecule has 2 unspecified atom stereocenters. The van der Waals surface area contributed by atoms with Crippen molar-refractivity contribution in [3.8, 4) is 6.07 Å². The Morgan fingerprint density at radius 1 is 1.28 bits per heavy atom. The molecule has 0 radical (unpaired) electrons. The van der Waals surface area contributed by atoms with Crippen LogP contribution >= 0.6 is 0 Å². The fourth-order valence-corrected chi connectivity index (χ4v) is 3.35. The summed E-state index contributed by atoms with van der Waals surface area (Å²) in [6.45, 7) is 1.84. The maximum atomic E-state index is 11.5. The van der Waals surface area contributed by atoms with Crippen LogP contribution in [0.15, 0.2) is 0 Å². The molecule has 100 valence electrons. The van der Waals surface area contributed by atoms with E-state index in [4.69, 9.17) is 11.0 Å². The number of rotatable bonds is 3. The monoisotopic (exact) mass is 249 g/mol. The molecular formula is C14H23N3O. The SMILES string of the molecule is N#CC1CCN(CC2CCCCC2)C(C(N)=O)C1. The van der Waals surface area contributed by atoms with Crippen LogP contribution < -0.4 is 5.73 Å². The van der Waals surface area contributed by atoms with Gasteiger partial charge in [0.1, 0.15) is 0 Å². The summed E-state index contributed by atoms with van der Waals surface area (Å²) in [5.41, 5.74) is 5.49. The van der Waals surface area contributed by atoms with Gasteiger partial charge in [0, 0.05) is 19.0 Å². The summed E-state index contributed by atoms with van der Waals surface area (Å²) in [5, 5.41) is 8.98. The van der Waals surface area contributed by atoms with Crippen molar-refractivity contribution in [1.82, 2.24) is 4.90 Å². The summed E-state index contributed by atoms with van der Waals surface area (Å²) in [4.78, 5) is 13.8. The van der Waals surface area contributed by atoms with Crippen molar-refractivity contribution in [2.75, 3.05) is 13.1 Å². The summed E-state index contributed by atoms with van der Waals surface area (Å²) >= 11 is 0. The third-order valence-electron chi connectivity index (χ3n) is 4.44. The van der Waals surface area contributed by atoms with E-state index in [-0.39, 0.29) is 17.9 Å². The van der Waals surface area contributed by atoms with Crippen LogP contribution in [0.1, 0.15) is 44.9 Å². The molecular weight excluding hydrogens is 226 g/mol. The van der Waals surface area contributed by atoms with Gasteiger partial charge in [0.25, 0.3) is 0 Å². The van der Waals surface area contributed by atoms with Crippen molar-refractivity contribution < 1.29 is 4.79 Å². The van der Waals surface area contributed by atoms with Gasteiger partial charge >= 0.3 is 0 Å². The molecule has 0 aromatic carbocycles. The van der Waals surface area contributed by atoms with Crippen molar-refractivity contribution in [2.24, 2.45) is 17.6 Å². The predicted octanol–water partition coefficient (Wildman–Crippen LogP) is 1.66. The largest absolute Gasteiger partial charge is 0.368 e. The fraction of sp³-hybridized carbons (Fsp3) is 0.857. The number of amides is 1. The van der Waals surface area contributed by atoms with E-state index in [9.17, 15) is 4.79 Å². The lowest BCUT2D eigenvalue weighted by Crippen LogP contribution is -2.51. The zero-order valence-electron chi connectivity index (χ0n) is 11.0. The highest BCUT2D eigenvalue weighted by Crippen LogP contribution is 2.28. The summed E-state index contributed by atoms with van der Waals surface area (Å²) in [6, 6.07) is 2.06. The van der Waals surface area contributed by atoms with Crippen molar-refractivity contribution in [2.45, 2.75) is 51.0 Å². The highest BCUT2D eigenvalue weighted by atomic mass is 16.1. The predicted molar refractivity (Wildman–Crippen MR) is 69.5 cm³/mol. The third-order valence-corrected chi connectivity index (χ3v) is 4.44. The van der Waals surface area contributed by atoms with Crippen molar-refractivity contribution in [3.63, 3.8) is 0 Å². The Morgan fingerprint density at radius 2 is 2.00 bits per heavy atom. The second-order valence-electron chi connectivity index (χ2n) is 5.77. The van der Waals surface area contributed by atoms with Crippen LogP contribution in [0.2, 0.25) is 0 Å². The molecule has 1 aliphatic carbocycles. The number of likely N-dealkylation sites (tertiary alicyclic amines) is 1. The van der Waals surface area contributed by atoms with Gasteiger partial charge in [0.05, 0.1) is 12.1 Å². The Bertz CT molecular complexity index is 330. The molecule has 1 saturated heterocycles. The maximum absolute atomic E-state index is 11.5. The minimum absolute atomic E-state index is 0.00473. The molecule has 18 heavy (non-hydrogen) atoms. The van der Waals surface area contributed by atoms with Gasteiger partial charge in [-0.05, 0) is 31.6 Å². The Balaban J connectivity index is 1.93. The van der Waals surface area contributed by atoms with E-state index >= 15 is 0 Å². The minimum atomic E-state index is -0.259. The minimum Gasteiger partial charge on any atom is -0.368 e. The van der Waals surface area contributed by atoms with Gasteiger partial charge in [-0.15, -0.1) is 0 Å². The van der Waals surface area contributed by atoms with E-state index in [0.717, 1.165) is 25.4 Å². The van der Waals surface area contributed by atoms with E-state index in [0.29, 0.717) is 6.42 Å². The highest BCUT2D eigenvalue weighted by Gasteiger charge is 2.33. The average Bonchev–Trinajstić information content (AvgIpc) is 2.40. The molecule has 2 fully saturated rings. The van der Waals surface area contributed by atoms with Gasteiger partial charge in [-0.1, -0.05) is 19.3 Å². The first-order valence-electron chi connectivity index (χ1n) is 7.13. The molecule has 4 heteroatoms. The molecule has 1 saturated carbocycles. The van der Waals surface area contributed by atoms with Gasteiger partial charge in [0.2, 0.25) is 5.91 Å². The number of nitriles is 1. The molecule has 0 spiro atoms. The molecule has 1 amide bonds. The second-order valence-corrected chi connectivity index (χ2v) is 5.77. The average molecular weight is 249 g/mol. The number of piperidine rings is 1. The van der Waals surface area contributed by atoms with Crippen LogP contribution in [0, 0.1) is 23.2 Å². The van der Waals surface area contributed by atoms with E-state index in [2.05, 4.69) is 11.0 Å². The standard InChI is InChI=1S/C14H23N3O/c15-9-12-6-7-17(13(8-12)14(16)18)10-11-4-2-1-3-5-11/h11-13H,1-8,10H2,(H2,16,18). The number of carbonyl (C=O) groups excluding carboxylic acids is 1. The molecule has 0 aromatic heterocycles. The molecule has 1 aliphatic heterocycles. The first kappa shape index (κ1) is 13.4. The van der Waals surface area contributed by atoms with E-state index < -0.39 is 0 Å². The van der Waals surface area contributed by atoms with Crippen LogP contribution in [-0.4, -0.2) is 29.9 Å². The molecule has 0 bridgehead atoms. The molecule has 1 heterocycles. The van der Waals surface area contributed by atoms with Gasteiger partial charge in [-0.2, -0.15) is 5.26 Å². The van der Waals surface area contributed by atoms with Crippen molar-refractivity contribution in [1.29, 1.82) is 5.26 Å². The van der Waals surface area contributed by atoms with Gasteiger partial charge < -0.3 is 5.73 Å².